The Balaban J connectivity index is 0.000000289. The molecule has 4 rings (SSSR count). The highest BCUT2D eigenvalue weighted by Gasteiger charge is 2.17. The molecule has 0 saturated heterocycles. The maximum Gasteiger partial charge on any atom is 0.178 e. The molecule has 0 saturated carbocycles. The summed E-state index contributed by atoms with van der Waals surface area (Å²) in [6, 6.07) is 6.02. The van der Waals surface area contributed by atoms with Gasteiger partial charge in [-0.2, -0.15) is 5.10 Å². The monoisotopic (exact) mass is 519 g/mol. The summed E-state index contributed by atoms with van der Waals surface area (Å²) >= 11 is 1.40. The van der Waals surface area contributed by atoms with Crippen molar-refractivity contribution in [3.8, 4) is 11.8 Å². The molecular weight excluding hydrogens is 486 g/mol. The third kappa shape index (κ3) is 6.90. The number of benzene rings is 1. The van der Waals surface area contributed by atoms with Crippen LogP contribution in [0.3, 0.4) is 0 Å². The zero-order valence-electron chi connectivity index (χ0n) is 22.0. The van der Waals surface area contributed by atoms with Crippen LogP contribution in [0.1, 0.15) is 60.0 Å². The molecule has 4 aromatic rings. The van der Waals surface area contributed by atoms with Gasteiger partial charge in [-0.15, -0.1) is 11.3 Å². The molecule has 1 atom stereocenters. The van der Waals surface area contributed by atoms with E-state index in [0.29, 0.717) is 34.1 Å². The molecule has 0 fully saturated rings. The molecule has 194 valence electrons. The predicted molar refractivity (Wildman–Crippen MR) is 149 cm³/mol. The normalized spacial score (nSPS) is 11.8. The number of aromatic nitrogens is 5. The largest absolute Gasteiger partial charge is 0.396 e. The number of hydrogen-bond acceptors (Lipinski definition) is 9. The first-order valence-corrected chi connectivity index (χ1v) is 12.7. The van der Waals surface area contributed by atoms with Gasteiger partial charge < -0.3 is 16.2 Å². The van der Waals surface area contributed by atoms with Crippen LogP contribution in [0.15, 0.2) is 29.9 Å². The highest BCUT2D eigenvalue weighted by molar-refractivity contribution is 7.11. The average molecular weight is 520 g/mol. The van der Waals surface area contributed by atoms with E-state index in [-0.39, 0.29) is 17.9 Å². The summed E-state index contributed by atoms with van der Waals surface area (Å²) in [6.45, 7) is 10.8. The number of aldehydes is 1. The number of nitrogen functional groups attached to an aromatic ring is 1. The van der Waals surface area contributed by atoms with Crippen molar-refractivity contribution in [3.63, 3.8) is 0 Å². The van der Waals surface area contributed by atoms with Gasteiger partial charge in [0.25, 0.3) is 0 Å². The van der Waals surface area contributed by atoms with Crippen molar-refractivity contribution in [1.29, 1.82) is 0 Å². The first-order chi connectivity index (χ1) is 17.6. The van der Waals surface area contributed by atoms with Crippen LogP contribution < -0.4 is 11.1 Å². The van der Waals surface area contributed by atoms with Gasteiger partial charge in [-0.05, 0) is 36.5 Å². The third-order valence-corrected chi connectivity index (χ3v) is 6.36. The van der Waals surface area contributed by atoms with Gasteiger partial charge in [0.2, 0.25) is 0 Å². The fourth-order valence-electron chi connectivity index (χ4n) is 3.32. The minimum atomic E-state index is 0.0460. The molecule has 0 radical (unpaired) electrons. The fraction of sp³-hybridized carbons (Fsp3) is 0.370. The zero-order chi connectivity index (χ0) is 27.2. The number of carbonyl (C=O) groups excluding carboxylic acids is 1. The maximum atomic E-state index is 10.3. The number of aliphatic hydroxyl groups is 1. The molecule has 3 aromatic heterocycles. The Labute approximate surface area is 221 Å². The van der Waals surface area contributed by atoms with Crippen molar-refractivity contribution >= 4 is 40.2 Å². The average Bonchev–Trinajstić information content (AvgIpc) is 3.50. The van der Waals surface area contributed by atoms with Gasteiger partial charge in [0.15, 0.2) is 16.9 Å². The second-order valence-corrected chi connectivity index (χ2v) is 10.6. The first kappa shape index (κ1) is 27.8. The number of fused-ring (bicyclic) bond motifs is 1. The molecule has 1 aromatic carbocycles. The lowest BCUT2D eigenvalue weighted by molar-refractivity contribution is 0.112. The van der Waals surface area contributed by atoms with E-state index in [0.717, 1.165) is 28.8 Å². The number of carbonyl (C=O) groups is 1. The van der Waals surface area contributed by atoms with Crippen molar-refractivity contribution < 1.29 is 9.90 Å². The van der Waals surface area contributed by atoms with E-state index in [1.165, 1.54) is 17.7 Å². The van der Waals surface area contributed by atoms with Crippen LogP contribution >= 0.6 is 11.3 Å². The molecule has 0 spiro atoms. The lowest BCUT2D eigenvalue weighted by atomic mass is 9.93. The molecule has 37 heavy (non-hydrogen) atoms. The van der Waals surface area contributed by atoms with Crippen molar-refractivity contribution in [1.82, 2.24) is 24.7 Å². The quantitative estimate of drug-likeness (QED) is 0.266. The first-order valence-electron chi connectivity index (χ1n) is 11.9. The van der Waals surface area contributed by atoms with Crippen LogP contribution in [0.5, 0.6) is 0 Å². The number of aliphatic hydroxyl groups excluding tert-OH is 1. The minimum Gasteiger partial charge on any atom is -0.396 e. The molecule has 4 N–H and O–H groups in total. The molecular formula is C27H33N7O2S. The Kier molecular flexibility index (Phi) is 8.97. The zero-order valence-corrected chi connectivity index (χ0v) is 22.8. The second kappa shape index (κ2) is 12.0. The number of hydrogen-bond donors (Lipinski definition) is 3. The predicted octanol–water partition coefficient (Wildman–Crippen LogP) is 4.04. The smallest absolute Gasteiger partial charge is 0.178 e. The van der Waals surface area contributed by atoms with E-state index in [1.807, 2.05) is 44.5 Å². The molecule has 9 nitrogen and oxygen atoms in total. The van der Waals surface area contributed by atoms with Gasteiger partial charge in [0, 0.05) is 42.2 Å². The van der Waals surface area contributed by atoms with Crippen LogP contribution in [0.25, 0.3) is 11.0 Å². The second-order valence-electron chi connectivity index (χ2n) is 9.74. The highest BCUT2D eigenvalue weighted by atomic mass is 32.1. The van der Waals surface area contributed by atoms with Crippen LogP contribution in [0.2, 0.25) is 0 Å². The van der Waals surface area contributed by atoms with E-state index in [1.54, 1.807) is 4.68 Å². The molecule has 0 aliphatic rings. The summed E-state index contributed by atoms with van der Waals surface area (Å²) < 4.78 is 1.73. The Morgan fingerprint density at radius 1 is 1.27 bits per heavy atom. The van der Waals surface area contributed by atoms with Gasteiger partial charge in [0.1, 0.15) is 17.8 Å². The number of nitrogens with zero attached hydrogens (tertiary/aromatic N) is 5. The van der Waals surface area contributed by atoms with Gasteiger partial charge >= 0.3 is 0 Å². The Morgan fingerprint density at radius 2 is 2.03 bits per heavy atom. The Hall–Kier alpha value is -3.81. The van der Waals surface area contributed by atoms with E-state index >= 15 is 0 Å². The lowest BCUT2D eigenvalue weighted by Gasteiger charge is -2.13. The minimum absolute atomic E-state index is 0.0460. The topological polar surface area (TPSA) is 132 Å². The summed E-state index contributed by atoms with van der Waals surface area (Å²) in [6.07, 6.45) is 2.21. The Bertz CT molecular complexity index is 1440. The van der Waals surface area contributed by atoms with Crippen molar-refractivity contribution in [2.24, 2.45) is 5.92 Å². The number of nitrogens with two attached hydrogens (primary N) is 1. The van der Waals surface area contributed by atoms with E-state index < -0.39 is 0 Å². The summed E-state index contributed by atoms with van der Waals surface area (Å²) in [4.78, 5) is 22.8. The van der Waals surface area contributed by atoms with Crippen molar-refractivity contribution in [2.45, 2.75) is 46.6 Å². The molecule has 0 amide bonds. The van der Waals surface area contributed by atoms with Gasteiger partial charge in [-0.1, -0.05) is 39.7 Å². The van der Waals surface area contributed by atoms with Gasteiger partial charge in [0.05, 0.1) is 11.1 Å². The number of aryl methyl sites for hydroxylation is 1. The fourth-order valence-corrected chi connectivity index (χ4v) is 4.17. The molecule has 1 unspecified atom stereocenters. The third-order valence-electron chi connectivity index (χ3n) is 5.59. The Morgan fingerprint density at radius 3 is 2.62 bits per heavy atom. The van der Waals surface area contributed by atoms with Crippen LogP contribution in [0, 0.1) is 24.7 Å². The standard InChI is InChI=1S/C19H22N6O.C8H11NOS/c1-12(10-26)9-25-19-17(18(20)22-11-23-19)16(24-25)7-5-14-8-15(21-3)6-4-13(14)2;1-8(2,3)6-5-11-7(4-10)9-6/h4,6,8,11-12,21,26H,9-10H2,1-3H3,(H2,20,22,23);4-5H,1-3H3. The number of anilines is 2. The van der Waals surface area contributed by atoms with Crippen molar-refractivity contribution in [3.05, 3.63) is 57.4 Å². The number of thiazole rings is 1. The molecule has 0 aliphatic carbocycles. The van der Waals surface area contributed by atoms with Crippen LogP contribution in [-0.2, 0) is 12.0 Å². The van der Waals surface area contributed by atoms with Gasteiger partial charge in [-0.3, -0.25) is 4.79 Å². The highest BCUT2D eigenvalue weighted by Crippen LogP contribution is 2.23. The lowest BCUT2D eigenvalue weighted by Crippen LogP contribution is -2.12. The summed E-state index contributed by atoms with van der Waals surface area (Å²) in [5, 5.41) is 20.1. The summed E-state index contributed by atoms with van der Waals surface area (Å²) in [5.74, 6) is 6.69. The number of rotatable bonds is 5. The molecule has 0 aliphatic heterocycles. The molecule has 10 heteroatoms. The molecule has 3 heterocycles. The maximum absolute atomic E-state index is 10.3. The van der Waals surface area contributed by atoms with E-state index in [2.05, 4.69) is 58.0 Å². The molecule has 0 bridgehead atoms. The van der Waals surface area contributed by atoms with Crippen molar-refractivity contribution in [2.75, 3.05) is 24.7 Å². The summed E-state index contributed by atoms with van der Waals surface area (Å²) in [5.41, 5.74) is 11.2. The van der Waals surface area contributed by atoms with Gasteiger partial charge in [-0.25, -0.2) is 19.6 Å². The van der Waals surface area contributed by atoms with E-state index in [9.17, 15) is 9.90 Å². The van der Waals surface area contributed by atoms with E-state index in [4.69, 9.17) is 5.73 Å². The van der Waals surface area contributed by atoms with Crippen LogP contribution in [0.4, 0.5) is 11.5 Å². The van der Waals surface area contributed by atoms with Crippen LogP contribution in [-0.4, -0.2) is 49.8 Å². The SMILES string of the molecule is CC(C)(C)c1csc(C=O)n1.CNc1ccc(C)c(C#Cc2nn(CC(C)CO)c3ncnc(N)c23)c1. The summed E-state index contributed by atoms with van der Waals surface area (Å²) in [7, 11) is 1.87. The number of nitrogens with one attached hydrogen (secondary N) is 1.